The summed E-state index contributed by atoms with van der Waals surface area (Å²) in [5.41, 5.74) is 3.22. The lowest BCUT2D eigenvalue weighted by Crippen LogP contribution is -2.44. The van der Waals surface area contributed by atoms with Gasteiger partial charge in [0.1, 0.15) is 5.75 Å². The summed E-state index contributed by atoms with van der Waals surface area (Å²) in [5.74, 6) is 7.60. The van der Waals surface area contributed by atoms with Gasteiger partial charge in [-0.05, 0) is 67.9 Å². The number of halogens is 1. The van der Waals surface area contributed by atoms with Gasteiger partial charge in [-0.3, -0.25) is 5.84 Å². The molecule has 164 valence electrons. The summed E-state index contributed by atoms with van der Waals surface area (Å²) in [5, 5.41) is 1.50. The minimum atomic E-state index is -3.33. The highest BCUT2D eigenvalue weighted by Crippen LogP contribution is 2.40. The summed E-state index contributed by atoms with van der Waals surface area (Å²) >= 11 is 0. The Morgan fingerprint density at radius 2 is 1.93 bits per heavy atom. The first-order valence-electron chi connectivity index (χ1n) is 10.5. The maximum absolute atomic E-state index is 12.8. The molecule has 0 spiro atoms. The second-order valence-corrected chi connectivity index (χ2v) is 11.0. The SMILES string of the molecule is CC(C)S(=O)(=O)c1cc2c(c(C[C@@H]3CCCN(N)[C@@H]3c3ccccc3)c1)OCC2.Cl. The number of benzene rings is 2. The third kappa shape index (κ3) is 4.37. The van der Waals surface area contributed by atoms with Crippen LogP contribution in [0.15, 0.2) is 47.4 Å². The normalized spacial score (nSPS) is 21.7. The highest BCUT2D eigenvalue weighted by Gasteiger charge is 2.33. The number of rotatable bonds is 5. The van der Waals surface area contributed by atoms with E-state index in [0.29, 0.717) is 17.4 Å². The number of nitrogens with two attached hydrogens (primary N) is 1. The highest BCUT2D eigenvalue weighted by molar-refractivity contribution is 7.92. The molecule has 0 radical (unpaired) electrons. The van der Waals surface area contributed by atoms with Gasteiger partial charge in [-0.2, -0.15) is 0 Å². The molecule has 0 aliphatic carbocycles. The van der Waals surface area contributed by atoms with E-state index in [-0.39, 0.29) is 18.4 Å². The highest BCUT2D eigenvalue weighted by atomic mass is 35.5. The van der Waals surface area contributed by atoms with E-state index in [1.807, 2.05) is 35.3 Å². The first-order chi connectivity index (χ1) is 13.9. The molecule has 1 fully saturated rings. The van der Waals surface area contributed by atoms with E-state index < -0.39 is 15.1 Å². The zero-order valence-electron chi connectivity index (χ0n) is 17.6. The second kappa shape index (κ2) is 9.27. The van der Waals surface area contributed by atoms with Crippen LogP contribution in [0.1, 0.15) is 49.4 Å². The van der Waals surface area contributed by atoms with Crippen molar-refractivity contribution in [1.29, 1.82) is 0 Å². The second-order valence-electron chi connectivity index (χ2n) is 8.46. The molecule has 2 N–H and O–H groups in total. The van der Waals surface area contributed by atoms with Crippen molar-refractivity contribution in [3.05, 3.63) is 59.2 Å². The van der Waals surface area contributed by atoms with Crippen LogP contribution in [0.5, 0.6) is 5.75 Å². The number of sulfone groups is 1. The fourth-order valence-electron chi connectivity index (χ4n) is 4.66. The molecule has 0 amide bonds. The Labute approximate surface area is 185 Å². The molecule has 7 heteroatoms. The number of hydrogen-bond donors (Lipinski definition) is 1. The molecule has 2 heterocycles. The van der Waals surface area contributed by atoms with Crippen molar-refractivity contribution in [3.8, 4) is 5.75 Å². The lowest BCUT2D eigenvalue weighted by atomic mass is 9.81. The molecule has 30 heavy (non-hydrogen) atoms. The molecule has 1 saturated heterocycles. The zero-order chi connectivity index (χ0) is 20.6. The van der Waals surface area contributed by atoms with E-state index in [0.717, 1.165) is 49.1 Å². The van der Waals surface area contributed by atoms with E-state index in [9.17, 15) is 8.42 Å². The number of nitrogens with zero attached hydrogens (tertiary/aromatic N) is 1. The van der Waals surface area contributed by atoms with Crippen LogP contribution in [0.2, 0.25) is 0 Å². The predicted molar refractivity (Wildman–Crippen MR) is 122 cm³/mol. The molecule has 0 aromatic heterocycles. The van der Waals surface area contributed by atoms with Crippen molar-refractivity contribution >= 4 is 22.2 Å². The van der Waals surface area contributed by atoms with Crippen LogP contribution in [0, 0.1) is 5.92 Å². The Balaban J connectivity index is 0.00000256. The smallest absolute Gasteiger partial charge is 0.180 e. The van der Waals surface area contributed by atoms with E-state index >= 15 is 0 Å². The standard InChI is InChI=1S/C23H30N2O3S.ClH/c1-16(2)29(26,27)21-14-19-10-12-28-23(19)20(15-21)13-18-9-6-11-25(24)22(18)17-7-4-3-5-8-17;/h3-5,7-8,14-16,18,22H,6,9-13,24H2,1-2H3;1H/t18-,22+;/m0./s1. The Bertz CT molecular complexity index is 979. The summed E-state index contributed by atoms with van der Waals surface area (Å²) in [6.45, 7) is 4.95. The van der Waals surface area contributed by atoms with Crippen molar-refractivity contribution in [2.75, 3.05) is 13.2 Å². The van der Waals surface area contributed by atoms with Crippen LogP contribution in [0.3, 0.4) is 0 Å². The first-order valence-corrected chi connectivity index (χ1v) is 12.0. The van der Waals surface area contributed by atoms with E-state index in [1.54, 1.807) is 13.8 Å². The van der Waals surface area contributed by atoms with Crippen LogP contribution >= 0.6 is 12.4 Å². The summed E-state index contributed by atoms with van der Waals surface area (Å²) in [6.07, 6.45) is 3.62. The lowest BCUT2D eigenvalue weighted by molar-refractivity contribution is 0.0922. The minimum Gasteiger partial charge on any atom is -0.493 e. The molecule has 0 saturated carbocycles. The van der Waals surface area contributed by atoms with Gasteiger partial charge in [0, 0.05) is 13.0 Å². The maximum atomic E-state index is 12.8. The van der Waals surface area contributed by atoms with Crippen LogP contribution in [0.25, 0.3) is 0 Å². The summed E-state index contributed by atoms with van der Waals surface area (Å²) in [4.78, 5) is 0.420. The molecule has 2 aromatic carbocycles. The largest absolute Gasteiger partial charge is 0.493 e. The lowest BCUT2D eigenvalue weighted by Gasteiger charge is -2.39. The van der Waals surface area contributed by atoms with E-state index in [4.69, 9.17) is 10.6 Å². The van der Waals surface area contributed by atoms with E-state index in [1.165, 1.54) is 5.56 Å². The van der Waals surface area contributed by atoms with Crippen molar-refractivity contribution in [1.82, 2.24) is 5.01 Å². The van der Waals surface area contributed by atoms with Crippen LogP contribution in [-0.2, 0) is 22.7 Å². The zero-order valence-corrected chi connectivity index (χ0v) is 19.2. The van der Waals surface area contributed by atoms with Crippen molar-refractivity contribution in [2.45, 2.75) is 55.7 Å². The molecule has 0 bridgehead atoms. The molecule has 2 aliphatic rings. The minimum absolute atomic E-state index is 0. The van der Waals surface area contributed by atoms with Gasteiger partial charge >= 0.3 is 0 Å². The average Bonchev–Trinajstić information content (AvgIpc) is 3.18. The molecule has 0 unspecified atom stereocenters. The Morgan fingerprint density at radius 3 is 2.63 bits per heavy atom. The van der Waals surface area contributed by atoms with Crippen LogP contribution < -0.4 is 10.6 Å². The maximum Gasteiger partial charge on any atom is 0.180 e. The third-order valence-electron chi connectivity index (χ3n) is 6.20. The number of hydrazine groups is 1. The van der Waals surface area contributed by atoms with Gasteiger partial charge in [-0.1, -0.05) is 30.3 Å². The molecular weight excluding hydrogens is 420 g/mol. The predicted octanol–water partition coefficient (Wildman–Crippen LogP) is 4.09. The molecule has 4 rings (SSSR count). The quantitative estimate of drug-likeness (QED) is 0.694. The van der Waals surface area contributed by atoms with Gasteiger partial charge in [-0.15, -0.1) is 12.4 Å². The molecule has 2 aromatic rings. The summed E-state index contributed by atoms with van der Waals surface area (Å²) in [6, 6.07) is 14.1. The van der Waals surface area contributed by atoms with Gasteiger partial charge in [0.2, 0.25) is 0 Å². The summed E-state index contributed by atoms with van der Waals surface area (Å²) in [7, 11) is -3.33. The molecule has 2 aliphatic heterocycles. The Kier molecular flexibility index (Phi) is 7.13. The Morgan fingerprint density at radius 1 is 1.20 bits per heavy atom. The van der Waals surface area contributed by atoms with Gasteiger partial charge in [0.05, 0.1) is 22.8 Å². The topological polar surface area (TPSA) is 72.6 Å². The fraction of sp³-hybridized carbons (Fsp3) is 0.478. The van der Waals surface area contributed by atoms with Crippen molar-refractivity contribution < 1.29 is 13.2 Å². The molecule has 5 nitrogen and oxygen atoms in total. The number of ether oxygens (including phenoxy) is 1. The van der Waals surface area contributed by atoms with Gasteiger partial charge in [-0.25, -0.2) is 13.4 Å². The van der Waals surface area contributed by atoms with Crippen molar-refractivity contribution in [3.63, 3.8) is 0 Å². The van der Waals surface area contributed by atoms with Gasteiger partial charge in [0.15, 0.2) is 9.84 Å². The van der Waals surface area contributed by atoms with Gasteiger partial charge < -0.3 is 4.74 Å². The van der Waals surface area contributed by atoms with Crippen LogP contribution in [-0.4, -0.2) is 31.8 Å². The summed E-state index contributed by atoms with van der Waals surface area (Å²) < 4.78 is 31.6. The van der Waals surface area contributed by atoms with Gasteiger partial charge in [0.25, 0.3) is 0 Å². The number of hydrogen-bond acceptors (Lipinski definition) is 5. The van der Waals surface area contributed by atoms with Crippen LogP contribution in [0.4, 0.5) is 0 Å². The monoisotopic (exact) mass is 450 g/mol. The first kappa shape index (κ1) is 23.1. The molecule has 2 atom stereocenters. The average molecular weight is 451 g/mol. The molecular formula is C23H31ClN2O3S. The van der Waals surface area contributed by atoms with Crippen molar-refractivity contribution in [2.24, 2.45) is 11.8 Å². The Hall–Kier alpha value is -1.60. The number of fused-ring (bicyclic) bond motifs is 1. The fourth-order valence-corrected chi connectivity index (χ4v) is 5.82. The third-order valence-corrected chi connectivity index (χ3v) is 8.34. The van der Waals surface area contributed by atoms with E-state index in [2.05, 4.69) is 12.1 Å². The number of piperidine rings is 1.